The number of imidazole rings is 1. The lowest BCUT2D eigenvalue weighted by Crippen LogP contribution is -2.43. The van der Waals surface area contributed by atoms with Crippen LogP contribution in [0, 0.1) is 0 Å². The van der Waals surface area contributed by atoms with Crippen LogP contribution in [0.25, 0.3) is 0 Å². The highest BCUT2D eigenvalue weighted by atomic mass is 19.4. The fourth-order valence-corrected chi connectivity index (χ4v) is 3.19. The zero-order valence-corrected chi connectivity index (χ0v) is 15.1. The first kappa shape index (κ1) is 18.7. The van der Waals surface area contributed by atoms with Crippen LogP contribution in [-0.4, -0.2) is 38.1 Å². The molecule has 150 valence electrons. The number of nitrogens with one attached hydrogen (secondary N) is 2. The minimum Gasteiger partial charge on any atom is -0.331 e. The second-order valence-corrected chi connectivity index (χ2v) is 6.55. The predicted molar refractivity (Wildman–Crippen MR) is 96.6 cm³/mol. The highest BCUT2D eigenvalue weighted by Gasteiger charge is 2.36. The molecule has 0 bridgehead atoms. The van der Waals surface area contributed by atoms with Crippen molar-refractivity contribution >= 4 is 23.5 Å². The normalized spacial score (nSPS) is 16.6. The average Bonchev–Trinajstić information content (AvgIpc) is 3.34. The number of amides is 2. The maximum absolute atomic E-state index is 13.1. The van der Waals surface area contributed by atoms with E-state index in [0.29, 0.717) is 5.69 Å². The quantitative estimate of drug-likeness (QED) is 0.701. The largest absolute Gasteiger partial charge is 0.416 e. The van der Waals surface area contributed by atoms with Gasteiger partial charge in [0.05, 0.1) is 23.4 Å². The number of hydrogen-bond acceptors (Lipinski definition) is 4. The smallest absolute Gasteiger partial charge is 0.331 e. The topological polar surface area (TPSA) is 95.9 Å². The number of anilines is 2. The SMILES string of the molecule is C[C@H]1CN(c2ccc(C(F)(F)F)cc2)C(=O)c2c(C(=O)Nc3ncc[nH]3)cnn21. The van der Waals surface area contributed by atoms with Gasteiger partial charge in [0.1, 0.15) is 5.69 Å². The average molecular weight is 404 g/mol. The molecule has 2 N–H and O–H groups in total. The molecule has 3 heterocycles. The third-order valence-corrected chi connectivity index (χ3v) is 4.59. The summed E-state index contributed by atoms with van der Waals surface area (Å²) < 4.78 is 39.9. The van der Waals surface area contributed by atoms with E-state index in [-0.39, 0.29) is 29.8 Å². The maximum atomic E-state index is 13.1. The van der Waals surface area contributed by atoms with E-state index in [1.165, 1.54) is 40.3 Å². The molecule has 0 radical (unpaired) electrons. The number of benzene rings is 1. The summed E-state index contributed by atoms with van der Waals surface area (Å²) in [5.74, 6) is -0.883. The van der Waals surface area contributed by atoms with Crippen LogP contribution in [0.3, 0.4) is 0 Å². The van der Waals surface area contributed by atoms with Gasteiger partial charge in [-0.3, -0.25) is 19.6 Å². The number of hydrogen-bond donors (Lipinski definition) is 2. The molecule has 0 saturated carbocycles. The number of aromatic amines is 1. The van der Waals surface area contributed by atoms with E-state index < -0.39 is 23.6 Å². The van der Waals surface area contributed by atoms with Crippen molar-refractivity contribution in [3.63, 3.8) is 0 Å². The monoisotopic (exact) mass is 404 g/mol. The number of carbonyl (C=O) groups excluding carboxylic acids is 2. The van der Waals surface area contributed by atoms with Gasteiger partial charge in [0.2, 0.25) is 5.95 Å². The number of fused-ring (bicyclic) bond motifs is 1. The van der Waals surface area contributed by atoms with Gasteiger partial charge in [0, 0.05) is 24.6 Å². The van der Waals surface area contributed by atoms with E-state index in [1.54, 1.807) is 6.92 Å². The molecule has 4 rings (SSSR count). The van der Waals surface area contributed by atoms with Gasteiger partial charge >= 0.3 is 6.18 Å². The van der Waals surface area contributed by atoms with Crippen molar-refractivity contribution in [2.75, 3.05) is 16.8 Å². The molecular formula is C18H15F3N6O2. The van der Waals surface area contributed by atoms with Crippen LogP contribution in [0.15, 0.2) is 42.9 Å². The van der Waals surface area contributed by atoms with Crippen molar-refractivity contribution in [2.24, 2.45) is 0 Å². The zero-order valence-electron chi connectivity index (χ0n) is 15.1. The van der Waals surface area contributed by atoms with Crippen molar-refractivity contribution in [2.45, 2.75) is 19.1 Å². The summed E-state index contributed by atoms with van der Waals surface area (Å²) in [6, 6.07) is 4.03. The van der Waals surface area contributed by atoms with E-state index in [2.05, 4.69) is 20.4 Å². The van der Waals surface area contributed by atoms with E-state index in [9.17, 15) is 22.8 Å². The Labute approximate surface area is 162 Å². The molecule has 2 aromatic heterocycles. The first-order valence-corrected chi connectivity index (χ1v) is 8.63. The molecule has 11 heteroatoms. The number of aromatic nitrogens is 4. The van der Waals surface area contributed by atoms with Gasteiger partial charge < -0.3 is 9.88 Å². The molecule has 1 aromatic carbocycles. The first-order chi connectivity index (χ1) is 13.8. The molecule has 2 amide bonds. The molecular weight excluding hydrogens is 389 g/mol. The summed E-state index contributed by atoms with van der Waals surface area (Å²) in [4.78, 5) is 33.6. The second-order valence-electron chi connectivity index (χ2n) is 6.55. The summed E-state index contributed by atoms with van der Waals surface area (Å²) in [6.45, 7) is 2.01. The Balaban J connectivity index is 1.66. The molecule has 0 spiro atoms. The lowest BCUT2D eigenvalue weighted by molar-refractivity contribution is -0.137. The van der Waals surface area contributed by atoms with Gasteiger partial charge in [-0.1, -0.05) is 0 Å². The fourth-order valence-electron chi connectivity index (χ4n) is 3.19. The minimum absolute atomic E-state index is 0.0508. The van der Waals surface area contributed by atoms with Gasteiger partial charge in [0.15, 0.2) is 0 Å². The van der Waals surface area contributed by atoms with E-state index in [1.807, 2.05) is 0 Å². The highest BCUT2D eigenvalue weighted by Crippen LogP contribution is 2.32. The van der Waals surface area contributed by atoms with Crippen molar-refractivity contribution in [1.82, 2.24) is 19.7 Å². The minimum atomic E-state index is -4.46. The first-order valence-electron chi connectivity index (χ1n) is 8.63. The van der Waals surface area contributed by atoms with Gasteiger partial charge in [0.25, 0.3) is 11.8 Å². The summed E-state index contributed by atoms with van der Waals surface area (Å²) in [5, 5.41) is 6.68. The molecule has 0 saturated heterocycles. The number of alkyl halides is 3. The van der Waals surface area contributed by atoms with E-state index in [4.69, 9.17) is 0 Å². The van der Waals surface area contributed by atoms with Crippen LogP contribution >= 0.6 is 0 Å². The van der Waals surface area contributed by atoms with Gasteiger partial charge in [-0.25, -0.2) is 4.98 Å². The highest BCUT2D eigenvalue weighted by molar-refractivity contribution is 6.15. The number of H-pyrrole nitrogens is 1. The summed E-state index contributed by atoms with van der Waals surface area (Å²) in [6.07, 6.45) is -0.184. The van der Waals surface area contributed by atoms with Crippen LogP contribution in [0.1, 0.15) is 39.4 Å². The van der Waals surface area contributed by atoms with Crippen molar-refractivity contribution in [1.29, 1.82) is 0 Å². The third-order valence-electron chi connectivity index (χ3n) is 4.59. The third kappa shape index (κ3) is 3.35. The molecule has 29 heavy (non-hydrogen) atoms. The number of rotatable bonds is 3. The lowest BCUT2D eigenvalue weighted by atomic mass is 10.1. The summed E-state index contributed by atoms with van der Waals surface area (Å²) >= 11 is 0. The summed E-state index contributed by atoms with van der Waals surface area (Å²) in [7, 11) is 0. The Morgan fingerprint density at radius 2 is 2.00 bits per heavy atom. The van der Waals surface area contributed by atoms with Crippen LogP contribution in [0.4, 0.5) is 24.8 Å². The van der Waals surface area contributed by atoms with Crippen molar-refractivity contribution in [3.05, 3.63) is 59.7 Å². The van der Waals surface area contributed by atoms with Crippen LogP contribution in [0.2, 0.25) is 0 Å². The molecule has 1 aliphatic rings. The predicted octanol–water partition coefficient (Wildman–Crippen LogP) is 3.10. The number of nitrogens with zero attached hydrogens (tertiary/aromatic N) is 4. The molecule has 0 unspecified atom stereocenters. The lowest BCUT2D eigenvalue weighted by Gasteiger charge is -2.32. The molecule has 0 aliphatic carbocycles. The second kappa shape index (κ2) is 6.76. The molecule has 0 fully saturated rings. The van der Waals surface area contributed by atoms with Crippen LogP contribution in [-0.2, 0) is 6.18 Å². The van der Waals surface area contributed by atoms with Crippen molar-refractivity contribution in [3.8, 4) is 0 Å². The van der Waals surface area contributed by atoms with E-state index in [0.717, 1.165) is 12.1 Å². The fraction of sp³-hybridized carbons (Fsp3) is 0.222. The molecule has 1 atom stereocenters. The van der Waals surface area contributed by atoms with Crippen molar-refractivity contribution < 1.29 is 22.8 Å². The molecule has 1 aliphatic heterocycles. The van der Waals surface area contributed by atoms with Crippen LogP contribution < -0.4 is 10.2 Å². The zero-order chi connectivity index (χ0) is 20.8. The molecule has 8 nitrogen and oxygen atoms in total. The Morgan fingerprint density at radius 3 is 2.62 bits per heavy atom. The van der Waals surface area contributed by atoms with Gasteiger partial charge in [-0.05, 0) is 31.2 Å². The molecule has 3 aromatic rings. The number of halogens is 3. The standard InChI is InChI=1S/C18H15F3N6O2/c1-10-9-26(12-4-2-11(3-5-12)18(19,20)21)16(29)14-13(8-24-27(10)14)15(28)25-17-22-6-7-23-17/h2-8,10H,9H2,1H3,(H2,22,23,25,28)/t10-/m0/s1. The Bertz CT molecular complexity index is 1060. The van der Waals surface area contributed by atoms with Gasteiger partial charge in [-0.2, -0.15) is 18.3 Å². The van der Waals surface area contributed by atoms with E-state index >= 15 is 0 Å². The summed E-state index contributed by atoms with van der Waals surface area (Å²) in [5.41, 5.74) is -0.385. The maximum Gasteiger partial charge on any atom is 0.416 e. The number of carbonyl (C=O) groups is 2. The Kier molecular flexibility index (Phi) is 4.36. The van der Waals surface area contributed by atoms with Crippen LogP contribution in [0.5, 0.6) is 0 Å². The Morgan fingerprint density at radius 1 is 1.28 bits per heavy atom. The van der Waals surface area contributed by atoms with Gasteiger partial charge in [-0.15, -0.1) is 0 Å². The Hall–Kier alpha value is -3.63.